The van der Waals surface area contributed by atoms with Gasteiger partial charge in [0.1, 0.15) is 0 Å². The Kier molecular flexibility index (Phi) is 9.03. The fraction of sp³-hybridized carbons (Fsp3) is 0.917. The minimum absolute atomic E-state index is 0.0422. The van der Waals surface area contributed by atoms with Crippen molar-refractivity contribution in [2.45, 2.75) is 51.6 Å². The van der Waals surface area contributed by atoms with E-state index in [2.05, 4.69) is 19.2 Å². The van der Waals surface area contributed by atoms with Gasteiger partial charge in [-0.2, -0.15) is 0 Å². The molecule has 0 aromatic rings. The van der Waals surface area contributed by atoms with Gasteiger partial charge in [-0.15, -0.1) is 0 Å². The molecule has 0 aliphatic rings. The summed E-state index contributed by atoms with van der Waals surface area (Å²) < 4.78 is 0. The fourth-order valence-electron chi connectivity index (χ4n) is 1.70. The standard InChI is InChI=1S/C12H27N3O2/c1-9(2)7-10(8-16)15-12(17)11(14)5-3-4-6-13/h9-11,16H,3-8,13-14H2,1-2H3,(H,15,17)/t10-,11-/m1/s1. The van der Waals surface area contributed by atoms with Gasteiger partial charge in [0.2, 0.25) is 5.91 Å². The van der Waals surface area contributed by atoms with E-state index in [4.69, 9.17) is 16.6 Å². The van der Waals surface area contributed by atoms with E-state index in [0.717, 1.165) is 19.3 Å². The average molecular weight is 245 g/mol. The molecule has 0 bridgehead atoms. The molecule has 102 valence electrons. The number of carbonyl (C=O) groups is 1. The molecule has 6 N–H and O–H groups in total. The Balaban J connectivity index is 3.94. The van der Waals surface area contributed by atoms with E-state index in [1.165, 1.54) is 0 Å². The van der Waals surface area contributed by atoms with Gasteiger partial charge in [-0.25, -0.2) is 0 Å². The molecule has 0 unspecified atom stereocenters. The molecule has 5 heteroatoms. The highest BCUT2D eigenvalue weighted by atomic mass is 16.3. The zero-order valence-electron chi connectivity index (χ0n) is 11.0. The highest BCUT2D eigenvalue weighted by Gasteiger charge is 2.17. The van der Waals surface area contributed by atoms with Gasteiger partial charge >= 0.3 is 0 Å². The van der Waals surface area contributed by atoms with Crippen LogP contribution in [-0.2, 0) is 4.79 Å². The van der Waals surface area contributed by atoms with Gasteiger partial charge in [-0.05, 0) is 31.7 Å². The Labute approximate surface area is 104 Å². The molecule has 0 radical (unpaired) electrons. The number of aliphatic hydroxyl groups is 1. The first-order valence-corrected chi connectivity index (χ1v) is 6.38. The summed E-state index contributed by atoms with van der Waals surface area (Å²) in [5.41, 5.74) is 11.1. The van der Waals surface area contributed by atoms with E-state index in [-0.39, 0.29) is 18.6 Å². The van der Waals surface area contributed by atoms with Gasteiger partial charge in [-0.1, -0.05) is 20.3 Å². The fourth-order valence-corrected chi connectivity index (χ4v) is 1.70. The minimum Gasteiger partial charge on any atom is -0.394 e. The van der Waals surface area contributed by atoms with Crippen LogP contribution in [0.4, 0.5) is 0 Å². The predicted octanol–water partition coefficient (Wildman–Crippen LogP) is -0.0341. The molecule has 0 aromatic carbocycles. The van der Waals surface area contributed by atoms with E-state index in [1.807, 2.05) is 0 Å². The van der Waals surface area contributed by atoms with Crippen molar-refractivity contribution in [3.8, 4) is 0 Å². The number of hydrogen-bond donors (Lipinski definition) is 4. The Morgan fingerprint density at radius 2 is 2.00 bits per heavy atom. The Morgan fingerprint density at radius 3 is 2.47 bits per heavy atom. The summed E-state index contributed by atoms with van der Waals surface area (Å²) in [5.74, 6) is 0.252. The number of rotatable bonds is 9. The normalized spacial score (nSPS) is 14.7. The third-order valence-corrected chi connectivity index (χ3v) is 2.63. The lowest BCUT2D eigenvalue weighted by Crippen LogP contribution is -2.47. The smallest absolute Gasteiger partial charge is 0.237 e. The number of nitrogens with one attached hydrogen (secondary N) is 1. The lowest BCUT2D eigenvalue weighted by atomic mass is 10.0. The summed E-state index contributed by atoms with van der Waals surface area (Å²) in [7, 11) is 0. The molecular formula is C12H27N3O2. The Bertz CT molecular complexity index is 210. The quantitative estimate of drug-likeness (QED) is 0.428. The number of amides is 1. The molecule has 0 saturated carbocycles. The molecule has 1 amide bonds. The minimum atomic E-state index is -0.497. The van der Waals surface area contributed by atoms with Crippen molar-refractivity contribution in [3.63, 3.8) is 0 Å². The van der Waals surface area contributed by atoms with E-state index in [0.29, 0.717) is 18.9 Å². The highest BCUT2D eigenvalue weighted by molar-refractivity contribution is 5.81. The molecule has 0 saturated heterocycles. The van der Waals surface area contributed by atoms with Crippen LogP contribution in [0.3, 0.4) is 0 Å². The second-order valence-corrected chi connectivity index (χ2v) is 4.91. The highest BCUT2D eigenvalue weighted by Crippen LogP contribution is 2.05. The second kappa shape index (κ2) is 9.39. The van der Waals surface area contributed by atoms with Crippen molar-refractivity contribution in [2.75, 3.05) is 13.2 Å². The molecule has 5 nitrogen and oxygen atoms in total. The SMILES string of the molecule is CC(C)C[C@H](CO)NC(=O)[C@H](N)CCCCN. The molecule has 0 aliphatic heterocycles. The average Bonchev–Trinajstić information content (AvgIpc) is 2.27. The van der Waals surface area contributed by atoms with Crippen molar-refractivity contribution in [3.05, 3.63) is 0 Å². The van der Waals surface area contributed by atoms with Crippen LogP contribution in [0.15, 0.2) is 0 Å². The zero-order valence-corrected chi connectivity index (χ0v) is 11.0. The van der Waals surface area contributed by atoms with Crippen molar-refractivity contribution >= 4 is 5.91 Å². The van der Waals surface area contributed by atoms with Gasteiger partial charge in [0.15, 0.2) is 0 Å². The van der Waals surface area contributed by atoms with Crippen molar-refractivity contribution in [1.82, 2.24) is 5.32 Å². The van der Waals surface area contributed by atoms with Crippen LogP contribution >= 0.6 is 0 Å². The maximum absolute atomic E-state index is 11.7. The monoisotopic (exact) mass is 245 g/mol. The number of unbranched alkanes of at least 4 members (excludes halogenated alkanes) is 1. The molecule has 17 heavy (non-hydrogen) atoms. The van der Waals surface area contributed by atoms with Crippen LogP contribution in [-0.4, -0.2) is 36.2 Å². The first kappa shape index (κ1) is 16.4. The summed E-state index contributed by atoms with van der Waals surface area (Å²) in [6.45, 7) is 4.69. The molecule has 0 aliphatic carbocycles. The van der Waals surface area contributed by atoms with E-state index in [9.17, 15) is 4.79 Å². The maximum atomic E-state index is 11.7. The number of hydrogen-bond acceptors (Lipinski definition) is 4. The third-order valence-electron chi connectivity index (χ3n) is 2.63. The summed E-state index contributed by atoms with van der Waals surface area (Å²) >= 11 is 0. The van der Waals surface area contributed by atoms with Crippen molar-refractivity contribution in [2.24, 2.45) is 17.4 Å². The van der Waals surface area contributed by atoms with Gasteiger partial charge < -0.3 is 21.9 Å². The molecular weight excluding hydrogens is 218 g/mol. The van der Waals surface area contributed by atoms with Crippen LogP contribution in [0.2, 0.25) is 0 Å². The summed E-state index contributed by atoms with van der Waals surface area (Å²) in [5, 5.41) is 11.9. The molecule has 0 rings (SSSR count). The molecule has 0 heterocycles. The predicted molar refractivity (Wildman–Crippen MR) is 69.4 cm³/mol. The summed E-state index contributed by atoms with van der Waals surface area (Å²) in [4.78, 5) is 11.7. The van der Waals surface area contributed by atoms with Gasteiger partial charge in [0, 0.05) is 0 Å². The molecule has 0 aromatic heterocycles. The first-order valence-electron chi connectivity index (χ1n) is 6.38. The Morgan fingerprint density at radius 1 is 1.35 bits per heavy atom. The van der Waals surface area contributed by atoms with Gasteiger partial charge in [0.25, 0.3) is 0 Å². The first-order chi connectivity index (χ1) is 8.01. The maximum Gasteiger partial charge on any atom is 0.237 e. The lowest BCUT2D eigenvalue weighted by molar-refractivity contribution is -0.123. The molecule has 2 atom stereocenters. The van der Waals surface area contributed by atoms with E-state index in [1.54, 1.807) is 0 Å². The second-order valence-electron chi connectivity index (χ2n) is 4.91. The van der Waals surface area contributed by atoms with Crippen molar-refractivity contribution in [1.29, 1.82) is 0 Å². The van der Waals surface area contributed by atoms with Crippen LogP contribution in [0.25, 0.3) is 0 Å². The number of nitrogens with two attached hydrogens (primary N) is 2. The van der Waals surface area contributed by atoms with E-state index >= 15 is 0 Å². The van der Waals surface area contributed by atoms with Crippen LogP contribution in [0.5, 0.6) is 0 Å². The number of aliphatic hydroxyl groups excluding tert-OH is 1. The largest absolute Gasteiger partial charge is 0.394 e. The zero-order chi connectivity index (χ0) is 13.3. The van der Waals surface area contributed by atoms with Crippen LogP contribution in [0.1, 0.15) is 39.5 Å². The lowest BCUT2D eigenvalue weighted by Gasteiger charge is -2.20. The van der Waals surface area contributed by atoms with Gasteiger partial charge in [-0.3, -0.25) is 4.79 Å². The van der Waals surface area contributed by atoms with Gasteiger partial charge in [0.05, 0.1) is 18.7 Å². The van der Waals surface area contributed by atoms with Crippen LogP contribution in [0, 0.1) is 5.92 Å². The summed E-state index contributed by atoms with van der Waals surface area (Å²) in [6, 6.07) is -0.689. The molecule has 0 spiro atoms. The third kappa shape index (κ3) is 8.12. The van der Waals surface area contributed by atoms with Crippen LogP contribution < -0.4 is 16.8 Å². The Hall–Kier alpha value is -0.650. The molecule has 0 fully saturated rings. The summed E-state index contributed by atoms with van der Waals surface area (Å²) in [6.07, 6.45) is 3.15. The van der Waals surface area contributed by atoms with E-state index < -0.39 is 6.04 Å². The number of carbonyl (C=O) groups excluding carboxylic acids is 1. The topological polar surface area (TPSA) is 101 Å². The van der Waals surface area contributed by atoms with Crippen molar-refractivity contribution < 1.29 is 9.90 Å².